The van der Waals surface area contributed by atoms with Crippen LogP contribution in [0.25, 0.3) is 22.2 Å². The van der Waals surface area contributed by atoms with Crippen molar-refractivity contribution in [2.45, 2.75) is 18.8 Å². The van der Waals surface area contributed by atoms with E-state index in [2.05, 4.69) is 14.4 Å². The molecule has 1 saturated carbocycles. The number of ether oxygens (including phenoxy) is 1. The molecule has 174 valence electrons. The molecule has 1 aromatic heterocycles. The van der Waals surface area contributed by atoms with Crippen molar-refractivity contribution in [3.05, 3.63) is 59.4 Å². The Morgan fingerprint density at radius 2 is 1.82 bits per heavy atom. The zero-order valence-corrected chi connectivity index (χ0v) is 18.1. The van der Waals surface area contributed by atoms with Gasteiger partial charge in [0.1, 0.15) is 24.1 Å². The third-order valence-corrected chi connectivity index (χ3v) is 7.65. The maximum atomic E-state index is 14.5. The van der Waals surface area contributed by atoms with Gasteiger partial charge in [0.15, 0.2) is 0 Å². The number of halogens is 3. The van der Waals surface area contributed by atoms with Gasteiger partial charge in [-0.3, -0.25) is 0 Å². The Balaban J connectivity index is 1.38. The summed E-state index contributed by atoms with van der Waals surface area (Å²) < 4.78 is 74.3. The standard InChI is InChI=1S/C22H20F3N3O4S/c23-15-3-1-13(2-4-15)20-19(17-9-16(24)10-18(25)21(17)27-20)14-7-12(8-14)11-26-33(30,31)28-5-6-32-22(28)29/h1-4,9-10,12,14,26-27H,5-8,11H2. The molecule has 2 aliphatic rings. The second-order valence-electron chi connectivity index (χ2n) is 8.31. The van der Waals surface area contributed by atoms with Gasteiger partial charge < -0.3 is 9.72 Å². The third-order valence-electron chi connectivity index (χ3n) is 6.21. The van der Waals surface area contributed by atoms with Crippen LogP contribution in [0.3, 0.4) is 0 Å². The van der Waals surface area contributed by atoms with Crippen LogP contribution in [-0.2, 0) is 14.9 Å². The number of H-pyrrole nitrogens is 1. The Hall–Kier alpha value is -3.05. The summed E-state index contributed by atoms with van der Waals surface area (Å²) in [6, 6.07) is 7.80. The first-order chi connectivity index (χ1) is 15.7. The summed E-state index contributed by atoms with van der Waals surface area (Å²) in [5, 5.41) is 0.413. The van der Waals surface area contributed by atoms with E-state index in [1.807, 2.05) is 0 Å². The predicted molar refractivity (Wildman–Crippen MR) is 114 cm³/mol. The molecule has 1 amide bonds. The predicted octanol–water partition coefficient (Wildman–Crippen LogP) is 4.03. The van der Waals surface area contributed by atoms with Crippen molar-refractivity contribution in [1.29, 1.82) is 0 Å². The summed E-state index contributed by atoms with van der Waals surface area (Å²) in [6.07, 6.45) is 0.249. The molecule has 2 heterocycles. The zero-order valence-electron chi connectivity index (χ0n) is 17.3. The van der Waals surface area contributed by atoms with Gasteiger partial charge in [0.25, 0.3) is 0 Å². The minimum Gasteiger partial charge on any atom is -0.447 e. The molecule has 0 spiro atoms. The van der Waals surface area contributed by atoms with Crippen molar-refractivity contribution in [2.24, 2.45) is 5.92 Å². The quantitative estimate of drug-likeness (QED) is 0.559. The molecular weight excluding hydrogens is 459 g/mol. The lowest BCUT2D eigenvalue weighted by molar-refractivity contribution is 0.169. The van der Waals surface area contributed by atoms with Crippen LogP contribution in [0.1, 0.15) is 24.3 Å². The highest BCUT2D eigenvalue weighted by atomic mass is 32.2. The molecular formula is C22H20F3N3O4S. The SMILES string of the molecule is O=C1OCCN1S(=O)(=O)NCC1CC(c2c(-c3ccc(F)cc3)[nH]c3c(F)cc(F)cc23)C1. The van der Waals surface area contributed by atoms with E-state index >= 15 is 0 Å². The van der Waals surface area contributed by atoms with Crippen LogP contribution in [-0.4, -0.2) is 43.5 Å². The highest BCUT2D eigenvalue weighted by Gasteiger charge is 2.38. The number of cyclic esters (lactones) is 1. The second kappa shape index (κ2) is 8.07. The maximum absolute atomic E-state index is 14.5. The van der Waals surface area contributed by atoms with E-state index in [0.29, 0.717) is 33.8 Å². The monoisotopic (exact) mass is 479 g/mol. The number of carbonyl (C=O) groups is 1. The maximum Gasteiger partial charge on any atom is 0.424 e. The molecule has 2 aromatic carbocycles. The summed E-state index contributed by atoms with van der Waals surface area (Å²) >= 11 is 0. The average Bonchev–Trinajstić information content (AvgIpc) is 3.32. The highest BCUT2D eigenvalue weighted by molar-refractivity contribution is 7.87. The highest BCUT2D eigenvalue weighted by Crippen LogP contribution is 2.48. The van der Waals surface area contributed by atoms with E-state index in [-0.39, 0.29) is 37.0 Å². The van der Waals surface area contributed by atoms with Gasteiger partial charge >= 0.3 is 16.3 Å². The summed E-state index contributed by atoms with van der Waals surface area (Å²) in [7, 11) is -3.98. The number of carbonyl (C=O) groups excluding carboxylic acids is 1. The van der Waals surface area contributed by atoms with Crippen LogP contribution in [0.2, 0.25) is 0 Å². The number of rotatable bonds is 6. The molecule has 3 aromatic rings. The molecule has 7 nitrogen and oxygen atoms in total. The first kappa shape index (κ1) is 21.8. The fraction of sp³-hybridized carbons (Fsp3) is 0.318. The lowest BCUT2D eigenvalue weighted by Crippen LogP contribution is -2.44. The molecule has 1 aliphatic carbocycles. The minimum atomic E-state index is -3.98. The van der Waals surface area contributed by atoms with Crippen LogP contribution >= 0.6 is 0 Å². The zero-order chi connectivity index (χ0) is 23.3. The van der Waals surface area contributed by atoms with Crippen LogP contribution in [0.4, 0.5) is 18.0 Å². The van der Waals surface area contributed by atoms with Crippen molar-refractivity contribution in [1.82, 2.24) is 14.0 Å². The number of amides is 1. The first-order valence-electron chi connectivity index (χ1n) is 10.4. The van der Waals surface area contributed by atoms with Gasteiger partial charge in [0.2, 0.25) is 0 Å². The van der Waals surface area contributed by atoms with E-state index in [1.165, 1.54) is 18.2 Å². The number of hydrogen-bond acceptors (Lipinski definition) is 4. The molecule has 2 fully saturated rings. The molecule has 33 heavy (non-hydrogen) atoms. The molecule has 0 bridgehead atoms. The average molecular weight is 479 g/mol. The normalized spacial score (nSPS) is 20.8. The molecule has 0 radical (unpaired) electrons. The number of fused-ring (bicyclic) bond motifs is 1. The van der Waals surface area contributed by atoms with E-state index in [9.17, 15) is 26.4 Å². The summed E-state index contributed by atoms with van der Waals surface area (Å²) in [5.41, 5.74) is 2.11. The van der Waals surface area contributed by atoms with Crippen molar-refractivity contribution in [2.75, 3.05) is 19.7 Å². The minimum absolute atomic E-state index is 0.0189. The third kappa shape index (κ3) is 3.95. The van der Waals surface area contributed by atoms with Crippen LogP contribution in [0, 0.1) is 23.4 Å². The van der Waals surface area contributed by atoms with Crippen LogP contribution < -0.4 is 4.72 Å². The van der Waals surface area contributed by atoms with E-state index < -0.39 is 33.8 Å². The summed E-state index contributed by atoms with van der Waals surface area (Å²) in [6.45, 7) is 0.111. The Bertz CT molecular complexity index is 1340. The van der Waals surface area contributed by atoms with E-state index in [4.69, 9.17) is 0 Å². The fourth-order valence-electron chi connectivity index (χ4n) is 4.54. The number of nitrogens with one attached hydrogen (secondary N) is 2. The topological polar surface area (TPSA) is 91.5 Å². The lowest BCUT2D eigenvalue weighted by Gasteiger charge is -2.36. The molecule has 0 unspecified atom stereocenters. The van der Waals surface area contributed by atoms with Crippen LogP contribution in [0.15, 0.2) is 36.4 Å². The number of benzene rings is 2. The number of hydrogen-bond donors (Lipinski definition) is 2. The van der Waals surface area contributed by atoms with Crippen molar-refractivity contribution < 1.29 is 31.1 Å². The largest absolute Gasteiger partial charge is 0.447 e. The summed E-state index contributed by atoms with van der Waals surface area (Å²) in [4.78, 5) is 14.5. The van der Waals surface area contributed by atoms with Gasteiger partial charge in [-0.25, -0.2) is 18.0 Å². The smallest absolute Gasteiger partial charge is 0.424 e. The van der Waals surface area contributed by atoms with Gasteiger partial charge in [-0.05, 0) is 66.1 Å². The number of aromatic nitrogens is 1. The Morgan fingerprint density at radius 3 is 2.48 bits per heavy atom. The number of aromatic amines is 1. The first-order valence-corrected chi connectivity index (χ1v) is 11.9. The Kier molecular flexibility index (Phi) is 5.32. The summed E-state index contributed by atoms with van der Waals surface area (Å²) in [5.74, 6) is -1.93. The van der Waals surface area contributed by atoms with Crippen molar-refractivity contribution in [3.63, 3.8) is 0 Å². The van der Waals surface area contributed by atoms with Gasteiger partial charge in [0, 0.05) is 18.0 Å². The molecule has 2 N–H and O–H groups in total. The van der Waals surface area contributed by atoms with Gasteiger partial charge in [-0.15, -0.1) is 0 Å². The molecule has 5 rings (SSSR count). The van der Waals surface area contributed by atoms with Gasteiger partial charge in [-0.2, -0.15) is 17.4 Å². The molecule has 11 heteroatoms. The lowest BCUT2D eigenvalue weighted by atomic mass is 9.70. The Labute approximate surface area is 187 Å². The Morgan fingerprint density at radius 1 is 1.09 bits per heavy atom. The molecule has 0 atom stereocenters. The van der Waals surface area contributed by atoms with E-state index in [0.717, 1.165) is 11.6 Å². The fourth-order valence-corrected chi connectivity index (χ4v) is 5.71. The second-order valence-corrected chi connectivity index (χ2v) is 9.98. The van der Waals surface area contributed by atoms with Crippen LogP contribution in [0.5, 0.6) is 0 Å². The molecule has 1 aliphatic heterocycles. The van der Waals surface area contributed by atoms with Crippen molar-refractivity contribution in [3.8, 4) is 11.3 Å². The van der Waals surface area contributed by atoms with Gasteiger partial charge in [-0.1, -0.05) is 0 Å². The van der Waals surface area contributed by atoms with E-state index in [1.54, 1.807) is 12.1 Å². The van der Waals surface area contributed by atoms with Crippen molar-refractivity contribution >= 4 is 27.2 Å². The van der Waals surface area contributed by atoms with Gasteiger partial charge in [0.05, 0.1) is 17.8 Å². The number of nitrogens with zero attached hydrogens (tertiary/aromatic N) is 1. The molecule has 1 saturated heterocycles.